The van der Waals surface area contributed by atoms with Crippen LogP contribution in [-0.2, 0) is 0 Å². The summed E-state index contributed by atoms with van der Waals surface area (Å²) in [6.07, 6.45) is 0. The van der Waals surface area contributed by atoms with E-state index in [0.29, 0.717) is 21.1 Å². The third kappa shape index (κ3) is 4.41. The van der Waals surface area contributed by atoms with E-state index in [4.69, 9.17) is 12.2 Å². The number of thiocarbonyl (C=S) groups is 1. The van der Waals surface area contributed by atoms with Gasteiger partial charge in [0.25, 0.3) is 5.91 Å². The van der Waals surface area contributed by atoms with Crippen LogP contribution in [0.15, 0.2) is 54.6 Å². The normalized spacial score (nSPS) is 10.2. The van der Waals surface area contributed by atoms with Crippen LogP contribution in [0.2, 0.25) is 0 Å². The van der Waals surface area contributed by atoms with Gasteiger partial charge < -0.3 is 5.32 Å². The van der Waals surface area contributed by atoms with E-state index >= 15 is 0 Å². The smallest absolute Gasteiger partial charge is 0.281 e. The minimum atomic E-state index is -0.361. The number of carbonyl (C=O) groups is 1. The molecular formula is C18H15FN4OS2. The lowest BCUT2D eigenvalue weighted by Gasteiger charge is -2.11. The van der Waals surface area contributed by atoms with Crippen molar-refractivity contribution in [3.8, 4) is 10.6 Å². The summed E-state index contributed by atoms with van der Waals surface area (Å²) in [5, 5.41) is 3.79. The fourth-order valence-corrected chi connectivity index (χ4v) is 3.33. The van der Waals surface area contributed by atoms with E-state index in [-0.39, 0.29) is 16.8 Å². The van der Waals surface area contributed by atoms with Gasteiger partial charge in [-0.2, -0.15) is 0 Å². The van der Waals surface area contributed by atoms with Crippen molar-refractivity contribution in [1.29, 1.82) is 0 Å². The molecule has 132 valence electrons. The predicted molar refractivity (Wildman–Crippen MR) is 106 cm³/mol. The van der Waals surface area contributed by atoms with Gasteiger partial charge in [-0.1, -0.05) is 30.3 Å². The number of para-hydroxylation sites is 1. The lowest BCUT2D eigenvalue weighted by atomic mass is 10.2. The second-order valence-corrected chi connectivity index (χ2v) is 6.75. The molecule has 26 heavy (non-hydrogen) atoms. The van der Waals surface area contributed by atoms with Gasteiger partial charge in [-0.15, -0.1) is 11.3 Å². The topological polar surface area (TPSA) is 66.0 Å². The first-order valence-corrected chi connectivity index (χ1v) is 8.91. The van der Waals surface area contributed by atoms with Crippen LogP contribution < -0.4 is 16.2 Å². The molecular weight excluding hydrogens is 371 g/mol. The monoisotopic (exact) mass is 386 g/mol. The number of aryl methyl sites for hydroxylation is 1. The number of halogens is 1. The summed E-state index contributed by atoms with van der Waals surface area (Å²) in [4.78, 5) is 17.2. The van der Waals surface area contributed by atoms with Crippen molar-refractivity contribution >= 4 is 40.3 Å². The summed E-state index contributed by atoms with van der Waals surface area (Å²) in [5.41, 5.74) is 7.20. The number of thiazole rings is 1. The molecule has 0 atom stereocenters. The largest absolute Gasteiger partial charge is 0.331 e. The molecule has 0 aliphatic heterocycles. The maximum Gasteiger partial charge on any atom is 0.281 e. The van der Waals surface area contributed by atoms with Crippen molar-refractivity contribution in [3.63, 3.8) is 0 Å². The van der Waals surface area contributed by atoms with Gasteiger partial charge in [-0.05, 0) is 43.4 Å². The minimum Gasteiger partial charge on any atom is -0.331 e. The quantitative estimate of drug-likeness (QED) is 0.471. The van der Waals surface area contributed by atoms with Gasteiger partial charge in [0.15, 0.2) is 5.11 Å². The molecule has 3 aromatic rings. The Bertz CT molecular complexity index is 943. The van der Waals surface area contributed by atoms with E-state index in [1.807, 2.05) is 30.3 Å². The van der Waals surface area contributed by atoms with E-state index in [1.54, 1.807) is 19.1 Å². The van der Waals surface area contributed by atoms with Gasteiger partial charge in [-0.25, -0.2) is 9.37 Å². The molecule has 2 aromatic carbocycles. The first-order valence-electron chi connectivity index (χ1n) is 7.68. The molecule has 0 bridgehead atoms. The van der Waals surface area contributed by atoms with Crippen LogP contribution >= 0.6 is 23.6 Å². The Kier molecular flexibility index (Phi) is 5.55. The van der Waals surface area contributed by atoms with Crippen molar-refractivity contribution in [2.24, 2.45) is 0 Å². The number of nitrogens with zero attached hydrogens (tertiary/aromatic N) is 1. The Morgan fingerprint density at radius 2 is 1.88 bits per heavy atom. The summed E-state index contributed by atoms with van der Waals surface area (Å²) >= 11 is 6.33. The third-order valence-electron chi connectivity index (χ3n) is 3.40. The van der Waals surface area contributed by atoms with Crippen molar-refractivity contribution in [2.75, 3.05) is 5.32 Å². The van der Waals surface area contributed by atoms with Crippen LogP contribution in [0.25, 0.3) is 10.6 Å². The molecule has 0 aliphatic carbocycles. The van der Waals surface area contributed by atoms with E-state index in [0.717, 1.165) is 5.69 Å². The fourth-order valence-electron chi connectivity index (χ4n) is 2.21. The Hall–Kier alpha value is -2.84. The number of nitrogens with one attached hydrogen (secondary N) is 3. The third-order valence-corrected chi connectivity index (χ3v) is 4.81. The summed E-state index contributed by atoms with van der Waals surface area (Å²) in [6, 6.07) is 15.5. The van der Waals surface area contributed by atoms with Gasteiger partial charge in [0.1, 0.15) is 15.7 Å². The predicted octanol–water partition coefficient (Wildman–Crippen LogP) is 3.89. The lowest BCUT2D eigenvalue weighted by molar-refractivity contribution is 0.0947. The van der Waals surface area contributed by atoms with Crippen molar-refractivity contribution in [1.82, 2.24) is 15.8 Å². The molecule has 0 saturated carbocycles. The lowest BCUT2D eigenvalue weighted by Crippen LogP contribution is -2.43. The van der Waals surface area contributed by atoms with Gasteiger partial charge >= 0.3 is 0 Å². The molecule has 8 heteroatoms. The second-order valence-electron chi connectivity index (χ2n) is 5.34. The van der Waals surface area contributed by atoms with Crippen LogP contribution in [-0.4, -0.2) is 16.0 Å². The average molecular weight is 386 g/mol. The number of hydrogen-bond acceptors (Lipinski definition) is 4. The Morgan fingerprint density at radius 1 is 1.12 bits per heavy atom. The van der Waals surface area contributed by atoms with E-state index in [2.05, 4.69) is 21.2 Å². The van der Waals surface area contributed by atoms with Crippen LogP contribution in [0, 0.1) is 12.7 Å². The van der Waals surface area contributed by atoms with Gasteiger partial charge in [0.05, 0.1) is 5.69 Å². The maximum absolute atomic E-state index is 13.4. The maximum atomic E-state index is 13.4. The van der Waals surface area contributed by atoms with Crippen LogP contribution in [0.5, 0.6) is 0 Å². The Balaban J connectivity index is 1.64. The number of hydrogen-bond donors (Lipinski definition) is 3. The summed E-state index contributed by atoms with van der Waals surface area (Å²) < 4.78 is 13.4. The minimum absolute atomic E-state index is 0.261. The standard InChI is InChI=1S/C18H15FN4OS2/c1-11-15(26-17(20-11)12-6-5-7-13(19)10-12)16(24)22-23-18(25)21-14-8-3-2-4-9-14/h2-10H,1H3,(H,22,24)(H2,21,23,25). The van der Waals surface area contributed by atoms with Gasteiger partial charge in [0.2, 0.25) is 0 Å². The fraction of sp³-hybridized carbons (Fsp3) is 0.0556. The van der Waals surface area contributed by atoms with Gasteiger partial charge in [-0.3, -0.25) is 15.6 Å². The highest BCUT2D eigenvalue weighted by molar-refractivity contribution is 7.80. The number of rotatable bonds is 3. The molecule has 5 nitrogen and oxygen atoms in total. The summed E-state index contributed by atoms with van der Waals surface area (Å²) in [7, 11) is 0. The molecule has 1 amide bonds. The zero-order valence-corrected chi connectivity index (χ0v) is 15.4. The molecule has 1 heterocycles. The highest BCUT2D eigenvalue weighted by atomic mass is 32.1. The molecule has 3 rings (SSSR count). The number of anilines is 1. The number of amides is 1. The number of carbonyl (C=O) groups excluding carboxylic acids is 1. The molecule has 0 spiro atoms. The zero-order chi connectivity index (χ0) is 18.5. The number of hydrazine groups is 1. The molecule has 0 unspecified atom stereocenters. The van der Waals surface area contributed by atoms with Gasteiger partial charge in [0, 0.05) is 11.3 Å². The molecule has 1 aromatic heterocycles. The molecule has 0 fully saturated rings. The number of benzene rings is 2. The van der Waals surface area contributed by atoms with Crippen molar-refractivity contribution < 1.29 is 9.18 Å². The number of aromatic nitrogens is 1. The highest BCUT2D eigenvalue weighted by Gasteiger charge is 2.16. The summed E-state index contributed by atoms with van der Waals surface area (Å²) in [5.74, 6) is -0.708. The highest BCUT2D eigenvalue weighted by Crippen LogP contribution is 2.28. The van der Waals surface area contributed by atoms with E-state index < -0.39 is 0 Å². The van der Waals surface area contributed by atoms with Crippen LogP contribution in [0.1, 0.15) is 15.4 Å². The van der Waals surface area contributed by atoms with E-state index in [9.17, 15) is 9.18 Å². The van der Waals surface area contributed by atoms with Crippen LogP contribution in [0.3, 0.4) is 0 Å². The van der Waals surface area contributed by atoms with Crippen molar-refractivity contribution in [3.05, 3.63) is 71.0 Å². The first kappa shape index (κ1) is 18.0. The second kappa shape index (κ2) is 8.03. The first-order chi connectivity index (χ1) is 12.5. The molecule has 0 radical (unpaired) electrons. The zero-order valence-electron chi connectivity index (χ0n) is 13.7. The summed E-state index contributed by atoms with van der Waals surface area (Å²) in [6.45, 7) is 1.73. The average Bonchev–Trinajstić information content (AvgIpc) is 3.02. The van der Waals surface area contributed by atoms with Crippen molar-refractivity contribution in [2.45, 2.75) is 6.92 Å². The molecule has 0 aliphatic rings. The van der Waals surface area contributed by atoms with E-state index in [1.165, 1.54) is 23.5 Å². The molecule has 3 N–H and O–H groups in total. The Labute approximate surface area is 159 Å². The Morgan fingerprint density at radius 3 is 2.62 bits per heavy atom. The van der Waals surface area contributed by atoms with Crippen LogP contribution in [0.4, 0.5) is 10.1 Å². The molecule has 0 saturated heterocycles. The SMILES string of the molecule is Cc1nc(-c2cccc(F)c2)sc1C(=O)NNC(=S)Nc1ccccc1.